The summed E-state index contributed by atoms with van der Waals surface area (Å²) >= 11 is 0. The Morgan fingerprint density at radius 3 is 2.50 bits per heavy atom. The Kier molecular flexibility index (Phi) is 5.02. The molecule has 0 aliphatic heterocycles. The van der Waals surface area contributed by atoms with E-state index >= 15 is 0 Å². The average molecular weight is 351 g/mol. The molecular formula is C20H21N3O3. The molecule has 0 aliphatic rings. The second-order valence-electron chi connectivity index (χ2n) is 6.04. The Labute approximate surface area is 150 Å². The van der Waals surface area contributed by atoms with Crippen LogP contribution in [0.5, 0.6) is 0 Å². The quantitative estimate of drug-likeness (QED) is 0.767. The predicted molar refractivity (Wildman–Crippen MR) is 103 cm³/mol. The van der Waals surface area contributed by atoms with Crippen LogP contribution in [0.1, 0.15) is 19.4 Å². The zero-order valence-electron chi connectivity index (χ0n) is 14.9. The molecule has 0 fully saturated rings. The molecule has 6 nitrogen and oxygen atoms in total. The topological polar surface area (TPSA) is 73.1 Å². The number of aromatic nitrogens is 2. The fourth-order valence-corrected chi connectivity index (χ4v) is 3.02. The van der Waals surface area contributed by atoms with Crippen molar-refractivity contribution in [3.05, 3.63) is 74.9 Å². The standard InChI is InChI=1S/C20H21N3O3/c1-3-14-8-7-9-15(12-14)21-18(24)13-23-17-11-6-5-10-16(17)19(25)22(4-2)20(23)26/h5-12H,3-4,13H2,1-2H3,(H,21,24). The van der Waals surface area contributed by atoms with E-state index in [1.54, 1.807) is 31.2 Å². The van der Waals surface area contributed by atoms with E-state index in [2.05, 4.69) is 5.32 Å². The first-order valence-electron chi connectivity index (χ1n) is 8.66. The molecule has 0 radical (unpaired) electrons. The maximum atomic E-state index is 12.7. The van der Waals surface area contributed by atoms with Crippen molar-refractivity contribution in [1.29, 1.82) is 0 Å². The van der Waals surface area contributed by atoms with Gasteiger partial charge >= 0.3 is 5.69 Å². The van der Waals surface area contributed by atoms with Crippen LogP contribution in [0.25, 0.3) is 10.9 Å². The number of fused-ring (bicyclic) bond motifs is 1. The van der Waals surface area contributed by atoms with E-state index in [0.717, 1.165) is 16.6 Å². The van der Waals surface area contributed by atoms with Gasteiger partial charge in [0.25, 0.3) is 5.56 Å². The molecule has 0 saturated carbocycles. The van der Waals surface area contributed by atoms with Crippen molar-refractivity contribution in [1.82, 2.24) is 9.13 Å². The lowest BCUT2D eigenvalue weighted by atomic mass is 10.1. The monoisotopic (exact) mass is 351 g/mol. The van der Waals surface area contributed by atoms with Crippen molar-refractivity contribution < 1.29 is 4.79 Å². The van der Waals surface area contributed by atoms with Gasteiger partial charge < -0.3 is 5.32 Å². The number of nitrogens with one attached hydrogen (secondary N) is 1. The molecule has 1 aromatic heterocycles. The fraction of sp³-hybridized carbons (Fsp3) is 0.250. The van der Waals surface area contributed by atoms with Gasteiger partial charge in [-0.1, -0.05) is 31.2 Å². The third-order valence-electron chi connectivity index (χ3n) is 4.37. The van der Waals surface area contributed by atoms with Crippen LogP contribution in [-0.4, -0.2) is 15.0 Å². The second kappa shape index (κ2) is 7.39. The Bertz CT molecular complexity index is 1080. The van der Waals surface area contributed by atoms with E-state index in [9.17, 15) is 14.4 Å². The number of amides is 1. The lowest BCUT2D eigenvalue weighted by molar-refractivity contribution is -0.116. The van der Waals surface area contributed by atoms with E-state index < -0.39 is 5.69 Å². The van der Waals surface area contributed by atoms with E-state index in [1.807, 2.05) is 31.2 Å². The van der Waals surface area contributed by atoms with Gasteiger partial charge in [-0.15, -0.1) is 0 Å². The molecule has 26 heavy (non-hydrogen) atoms. The van der Waals surface area contributed by atoms with Crippen LogP contribution in [0, 0.1) is 0 Å². The van der Waals surface area contributed by atoms with Crippen LogP contribution in [0.15, 0.2) is 58.1 Å². The van der Waals surface area contributed by atoms with E-state index in [0.29, 0.717) is 16.6 Å². The van der Waals surface area contributed by atoms with Crippen LogP contribution in [-0.2, 0) is 24.3 Å². The van der Waals surface area contributed by atoms with Gasteiger partial charge in [0.2, 0.25) is 5.91 Å². The van der Waals surface area contributed by atoms with Crippen molar-refractivity contribution >= 4 is 22.5 Å². The third-order valence-corrected chi connectivity index (χ3v) is 4.37. The molecular weight excluding hydrogens is 330 g/mol. The minimum absolute atomic E-state index is 0.157. The maximum Gasteiger partial charge on any atom is 0.331 e. The predicted octanol–water partition coefficient (Wildman–Crippen LogP) is 2.38. The zero-order valence-corrected chi connectivity index (χ0v) is 14.9. The molecule has 0 atom stereocenters. The van der Waals surface area contributed by atoms with E-state index in [4.69, 9.17) is 0 Å². The highest BCUT2D eigenvalue weighted by molar-refractivity contribution is 5.91. The summed E-state index contributed by atoms with van der Waals surface area (Å²) in [5, 5.41) is 3.25. The van der Waals surface area contributed by atoms with Crippen molar-refractivity contribution in [2.24, 2.45) is 0 Å². The van der Waals surface area contributed by atoms with Crippen molar-refractivity contribution in [2.75, 3.05) is 5.32 Å². The van der Waals surface area contributed by atoms with Crippen LogP contribution < -0.4 is 16.6 Å². The van der Waals surface area contributed by atoms with Gasteiger partial charge in [0.15, 0.2) is 0 Å². The summed E-state index contributed by atoms with van der Waals surface area (Å²) in [4.78, 5) is 37.6. The molecule has 3 rings (SSSR count). The van der Waals surface area contributed by atoms with Crippen molar-refractivity contribution in [3.8, 4) is 0 Å². The summed E-state index contributed by atoms with van der Waals surface area (Å²) in [5.41, 5.74) is 1.46. The number of para-hydroxylation sites is 1. The molecule has 1 heterocycles. The third kappa shape index (κ3) is 3.31. The number of carbonyl (C=O) groups excluding carboxylic acids is 1. The molecule has 3 aromatic rings. The summed E-state index contributed by atoms with van der Waals surface area (Å²) in [7, 11) is 0. The normalized spacial score (nSPS) is 10.8. The van der Waals surface area contributed by atoms with Crippen LogP contribution in [0.2, 0.25) is 0 Å². The van der Waals surface area contributed by atoms with Crippen molar-refractivity contribution in [2.45, 2.75) is 33.4 Å². The smallest absolute Gasteiger partial charge is 0.325 e. The van der Waals surface area contributed by atoms with Gasteiger partial charge in [-0.2, -0.15) is 0 Å². The molecule has 0 unspecified atom stereocenters. The maximum absolute atomic E-state index is 12.7. The van der Waals surface area contributed by atoms with Crippen molar-refractivity contribution in [3.63, 3.8) is 0 Å². The van der Waals surface area contributed by atoms with Gasteiger partial charge in [0, 0.05) is 12.2 Å². The van der Waals surface area contributed by atoms with Crippen LogP contribution in [0.3, 0.4) is 0 Å². The average Bonchev–Trinajstić information content (AvgIpc) is 2.66. The summed E-state index contributed by atoms with van der Waals surface area (Å²) in [5.74, 6) is -0.313. The summed E-state index contributed by atoms with van der Waals surface area (Å²) < 4.78 is 2.49. The summed E-state index contributed by atoms with van der Waals surface area (Å²) in [6.07, 6.45) is 0.870. The molecule has 1 N–H and O–H groups in total. The molecule has 0 bridgehead atoms. The SMILES string of the molecule is CCc1cccc(NC(=O)Cn2c(=O)n(CC)c(=O)c3ccccc32)c1. The summed E-state index contributed by atoms with van der Waals surface area (Å²) in [6, 6.07) is 14.4. The Morgan fingerprint density at radius 1 is 1.00 bits per heavy atom. The number of benzene rings is 2. The highest BCUT2D eigenvalue weighted by atomic mass is 16.2. The number of hydrogen-bond donors (Lipinski definition) is 1. The summed E-state index contributed by atoms with van der Waals surface area (Å²) in [6.45, 7) is 3.87. The Morgan fingerprint density at radius 2 is 1.77 bits per heavy atom. The van der Waals surface area contributed by atoms with Gasteiger partial charge in [0.1, 0.15) is 6.54 Å². The van der Waals surface area contributed by atoms with Crippen LogP contribution in [0.4, 0.5) is 5.69 Å². The number of nitrogens with zero attached hydrogens (tertiary/aromatic N) is 2. The largest absolute Gasteiger partial charge is 0.331 e. The number of aryl methyl sites for hydroxylation is 1. The molecule has 0 spiro atoms. The Hall–Kier alpha value is -3.15. The minimum atomic E-state index is -0.478. The van der Waals surface area contributed by atoms with E-state index in [-0.39, 0.29) is 24.6 Å². The first-order chi connectivity index (χ1) is 12.5. The number of anilines is 1. The lowest BCUT2D eigenvalue weighted by Crippen LogP contribution is -2.41. The van der Waals surface area contributed by atoms with Gasteiger partial charge in [0.05, 0.1) is 10.9 Å². The lowest BCUT2D eigenvalue weighted by Gasteiger charge is -2.13. The first kappa shape index (κ1) is 17.7. The molecule has 1 amide bonds. The van der Waals surface area contributed by atoms with Gasteiger partial charge in [-0.05, 0) is 43.2 Å². The molecule has 0 aliphatic carbocycles. The fourth-order valence-electron chi connectivity index (χ4n) is 3.02. The molecule has 6 heteroatoms. The first-order valence-corrected chi connectivity index (χ1v) is 8.66. The minimum Gasteiger partial charge on any atom is -0.325 e. The number of hydrogen-bond acceptors (Lipinski definition) is 3. The molecule has 134 valence electrons. The molecule has 0 saturated heterocycles. The number of carbonyl (C=O) groups is 1. The second-order valence-corrected chi connectivity index (χ2v) is 6.04. The van der Waals surface area contributed by atoms with Gasteiger partial charge in [-0.25, -0.2) is 4.79 Å². The highest BCUT2D eigenvalue weighted by Crippen LogP contribution is 2.12. The number of rotatable bonds is 5. The molecule has 2 aromatic carbocycles. The Balaban J connectivity index is 1.99. The van der Waals surface area contributed by atoms with Crippen LogP contribution >= 0.6 is 0 Å². The van der Waals surface area contributed by atoms with Gasteiger partial charge in [-0.3, -0.25) is 18.7 Å². The van der Waals surface area contributed by atoms with E-state index in [1.165, 1.54) is 4.57 Å². The zero-order chi connectivity index (χ0) is 18.7. The highest BCUT2D eigenvalue weighted by Gasteiger charge is 2.14.